The summed E-state index contributed by atoms with van der Waals surface area (Å²) in [6.45, 7) is 1.66. The molecule has 2 heterocycles. The predicted molar refractivity (Wildman–Crippen MR) is 106 cm³/mol. The number of nitrogens with zero attached hydrogens (tertiary/aromatic N) is 2. The molecule has 0 radical (unpaired) electrons. The number of piperidine rings is 1. The number of fused-ring (bicyclic) bond motifs is 1. The molecule has 26 heavy (non-hydrogen) atoms. The Balaban J connectivity index is 1.44. The highest BCUT2D eigenvalue weighted by atomic mass is 32.1. The molecule has 1 saturated heterocycles. The summed E-state index contributed by atoms with van der Waals surface area (Å²) in [6, 6.07) is 15.6. The summed E-state index contributed by atoms with van der Waals surface area (Å²) in [5.74, 6) is 0.821. The van der Waals surface area contributed by atoms with Crippen LogP contribution in [0.5, 0.6) is 5.75 Å². The number of hydrogen-bond donors (Lipinski definition) is 1. The normalized spacial score (nSPS) is 17.3. The highest BCUT2D eigenvalue weighted by Crippen LogP contribution is 2.31. The number of para-hydroxylation sites is 1. The molecule has 0 spiro atoms. The van der Waals surface area contributed by atoms with Crippen LogP contribution in [0.15, 0.2) is 48.5 Å². The Labute approximate surface area is 156 Å². The van der Waals surface area contributed by atoms with Crippen LogP contribution in [0.25, 0.3) is 10.2 Å². The molecule has 6 heteroatoms. The number of anilines is 2. The lowest BCUT2D eigenvalue weighted by atomic mass is 9.97. The van der Waals surface area contributed by atoms with E-state index in [0.717, 1.165) is 41.5 Å². The van der Waals surface area contributed by atoms with E-state index >= 15 is 0 Å². The monoisotopic (exact) mass is 367 g/mol. The lowest BCUT2D eigenvalue weighted by Gasteiger charge is -2.31. The van der Waals surface area contributed by atoms with Gasteiger partial charge in [-0.15, -0.1) is 0 Å². The minimum Gasteiger partial charge on any atom is -0.497 e. The largest absolute Gasteiger partial charge is 0.497 e. The summed E-state index contributed by atoms with van der Waals surface area (Å²) in [7, 11) is 1.63. The van der Waals surface area contributed by atoms with Crippen LogP contribution in [-0.4, -0.2) is 31.1 Å². The molecule has 5 nitrogen and oxygen atoms in total. The Hall–Kier alpha value is -2.60. The van der Waals surface area contributed by atoms with Gasteiger partial charge in [-0.2, -0.15) is 0 Å². The maximum absolute atomic E-state index is 12.7. The molecule has 1 atom stereocenters. The van der Waals surface area contributed by atoms with Crippen molar-refractivity contribution in [2.24, 2.45) is 5.92 Å². The lowest BCUT2D eigenvalue weighted by molar-refractivity contribution is -0.120. The number of carbonyl (C=O) groups excluding carboxylic acids is 1. The number of aromatic nitrogens is 1. The van der Waals surface area contributed by atoms with Gasteiger partial charge in [-0.3, -0.25) is 4.79 Å². The number of methoxy groups -OCH3 is 1. The predicted octanol–water partition coefficient (Wildman–Crippen LogP) is 4.16. The van der Waals surface area contributed by atoms with Crippen LogP contribution < -0.4 is 15.0 Å². The van der Waals surface area contributed by atoms with Gasteiger partial charge in [0.1, 0.15) is 5.75 Å². The molecule has 1 fully saturated rings. The molecule has 3 aromatic rings. The van der Waals surface area contributed by atoms with Gasteiger partial charge in [0.25, 0.3) is 0 Å². The molecule has 0 saturated carbocycles. The van der Waals surface area contributed by atoms with E-state index in [2.05, 4.69) is 16.3 Å². The molecule has 0 bridgehead atoms. The van der Waals surface area contributed by atoms with E-state index in [1.807, 2.05) is 42.5 Å². The zero-order valence-electron chi connectivity index (χ0n) is 14.6. The van der Waals surface area contributed by atoms with Gasteiger partial charge < -0.3 is 15.0 Å². The lowest BCUT2D eigenvalue weighted by Crippen LogP contribution is -2.40. The number of thiazole rings is 1. The molecule has 1 aromatic heterocycles. The van der Waals surface area contributed by atoms with Gasteiger partial charge in [-0.25, -0.2) is 4.98 Å². The van der Waals surface area contributed by atoms with Gasteiger partial charge in [0.15, 0.2) is 5.13 Å². The van der Waals surface area contributed by atoms with Crippen molar-refractivity contribution >= 4 is 38.3 Å². The van der Waals surface area contributed by atoms with Crippen LogP contribution in [0.4, 0.5) is 10.8 Å². The first-order chi connectivity index (χ1) is 12.7. The van der Waals surface area contributed by atoms with E-state index in [1.165, 1.54) is 4.70 Å². The zero-order valence-corrected chi connectivity index (χ0v) is 15.5. The van der Waals surface area contributed by atoms with Crippen molar-refractivity contribution < 1.29 is 9.53 Å². The Morgan fingerprint density at radius 2 is 2.04 bits per heavy atom. The summed E-state index contributed by atoms with van der Waals surface area (Å²) < 4.78 is 6.34. The maximum atomic E-state index is 12.7. The Morgan fingerprint density at radius 3 is 2.81 bits per heavy atom. The summed E-state index contributed by atoms with van der Waals surface area (Å²) in [5.41, 5.74) is 1.82. The van der Waals surface area contributed by atoms with E-state index < -0.39 is 0 Å². The summed E-state index contributed by atoms with van der Waals surface area (Å²) in [4.78, 5) is 19.7. The molecule has 4 rings (SSSR count). The van der Waals surface area contributed by atoms with E-state index in [4.69, 9.17) is 9.72 Å². The van der Waals surface area contributed by atoms with Gasteiger partial charge >= 0.3 is 0 Å². The number of carbonyl (C=O) groups is 1. The molecule has 1 N–H and O–H groups in total. The topological polar surface area (TPSA) is 54.5 Å². The van der Waals surface area contributed by atoms with Crippen molar-refractivity contribution in [1.82, 2.24) is 4.98 Å². The van der Waals surface area contributed by atoms with E-state index in [-0.39, 0.29) is 11.8 Å². The summed E-state index contributed by atoms with van der Waals surface area (Å²) in [6.07, 6.45) is 1.90. The van der Waals surface area contributed by atoms with Crippen molar-refractivity contribution in [2.75, 3.05) is 30.4 Å². The Kier molecular flexibility index (Phi) is 4.75. The second-order valence-electron chi connectivity index (χ2n) is 6.47. The van der Waals surface area contributed by atoms with Crippen LogP contribution in [-0.2, 0) is 4.79 Å². The van der Waals surface area contributed by atoms with Crippen LogP contribution in [0, 0.1) is 5.92 Å². The quantitative estimate of drug-likeness (QED) is 0.752. The van der Waals surface area contributed by atoms with Crippen molar-refractivity contribution in [3.8, 4) is 5.75 Å². The smallest absolute Gasteiger partial charge is 0.229 e. The Morgan fingerprint density at radius 1 is 1.23 bits per heavy atom. The molecule has 1 amide bonds. The fourth-order valence-corrected chi connectivity index (χ4v) is 4.28. The van der Waals surface area contributed by atoms with Gasteiger partial charge in [0.05, 0.1) is 23.2 Å². The van der Waals surface area contributed by atoms with Gasteiger partial charge in [-0.05, 0) is 49.2 Å². The molecule has 0 aliphatic carbocycles. The van der Waals surface area contributed by atoms with E-state index in [0.29, 0.717) is 6.54 Å². The number of hydrogen-bond acceptors (Lipinski definition) is 5. The van der Waals surface area contributed by atoms with Crippen molar-refractivity contribution in [2.45, 2.75) is 12.8 Å². The van der Waals surface area contributed by atoms with Gasteiger partial charge in [-0.1, -0.05) is 23.5 Å². The van der Waals surface area contributed by atoms with Crippen LogP contribution in [0.3, 0.4) is 0 Å². The molecule has 2 aromatic carbocycles. The molecule has 1 unspecified atom stereocenters. The number of amides is 1. The molecule has 1 aliphatic rings. The third-order valence-electron chi connectivity index (χ3n) is 4.70. The van der Waals surface area contributed by atoms with Crippen LogP contribution >= 0.6 is 11.3 Å². The standard InChI is InChI=1S/C20H21N3O2S/c1-25-16-10-8-15(9-11-16)21-19(24)14-5-4-12-23(13-14)20-22-17-6-2-3-7-18(17)26-20/h2-3,6-11,14H,4-5,12-13H2,1H3,(H,21,24). The van der Waals surface area contributed by atoms with Crippen molar-refractivity contribution in [3.05, 3.63) is 48.5 Å². The van der Waals surface area contributed by atoms with Crippen LogP contribution in [0.1, 0.15) is 12.8 Å². The maximum Gasteiger partial charge on any atom is 0.229 e. The zero-order chi connectivity index (χ0) is 17.9. The molecule has 134 valence electrons. The van der Waals surface area contributed by atoms with Gasteiger partial charge in [0.2, 0.25) is 5.91 Å². The highest BCUT2D eigenvalue weighted by Gasteiger charge is 2.27. The summed E-state index contributed by atoms with van der Waals surface area (Å²) in [5, 5.41) is 4.03. The number of rotatable bonds is 4. The first-order valence-corrected chi connectivity index (χ1v) is 9.60. The van der Waals surface area contributed by atoms with Crippen molar-refractivity contribution in [1.29, 1.82) is 0 Å². The fraction of sp³-hybridized carbons (Fsp3) is 0.300. The summed E-state index contributed by atoms with van der Waals surface area (Å²) >= 11 is 1.69. The third-order valence-corrected chi connectivity index (χ3v) is 5.80. The highest BCUT2D eigenvalue weighted by molar-refractivity contribution is 7.22. The third kappa shape index (κ3) is 3.51. The molecular weight excluding hydrogens is 346 g/mol. The number of benzene rings is 2. The molecular formula is C20H21N3O2S. The first-order valence-electron chi connectivity index (χ1n) is 8.78. The van der Waals surface area contributed by atoms with Crippen molar-refractivity contribution in [3.63, 3.8) is 0 Å². The molecule has 1 aliphatic heterocycles. The SMILES string of the molecule is COc1ccc(NC(=O)C2CCCN(c3nc4ccccc4s3)C2)cc1. The second kappa shape index (κ2) is 7.33. The first kappa shape index (κ1) is 16.8. The minimum atomic E-state index is -0.0298. The average Bonchev–Trinajstić information content (AvgIpc) is 3.13. The number of nitrogens with one attached hydrogen (secondary N) is 1. The second-order valence-corrected chi connectivity index (χ2v) is 7.48. The average molecular weight is 367 g/mol. The van der Waals surface area contributed by atoms with E-state index in [1.54, 1.807) is 18.4 Å². The fourth-order valence-electron chi connectivity index (χ4n) is 3.28. The van der Waals surface area contributed by atoms with Gasteiger partial charge in [0, 0.05) is 18.8 Å². The number of ether oxygens (including phenoxy) is 1. The van der Waals surface area contributed by atoms with Crippen LogP contribution in [0.2, 0.25) is 0 Å². The Bertz CT molecular complexity index is 874. The van der Waals surface area contributed by atoms with E-state index in [9.17, 15) is 4.79 Å². The minimum absolute atomic E-state index is 0.0298.